The van der Waals surface area contributed by atoms with E-state index in [1.807, 2.05) is 0 Å². The lowest BCUT2D eigenvalue weighted by molar-refractivity contribution is -0.149. The first-order valence-corrected chi connectivity index (χ1v) is 9.04. The minimum atomic E-state index is -1.00. The number of carbonyl (C=O) groups is 3. The second-order valence-corrected chi connectivity index (χ2v) is 6.82. The molecule has 0 bridgehead atoms. The first-order valence-electron chi connectivity index (χ1n) is 9.04. The third-order valence-corrected chi connectivity index (χ3v) is 5.26. The summed E-state index contributed by atoms with van der Waals surface area (Å²) in [4.78, 5) is 39.7. The fourth-order valence-corrected chi connectivity index (χ4v) is 3.87. The SMILES string of the molecule is COc1cc(N2CC(C(=O)N3CCC[C@H]3C(=O)O)CC2=O)cc(OC)c1OC. The molecule has 0 aromatic heterocycles. The molecule has 0 aliphatic carbocycles. The summed E-state index contributed by atoms with van der Waals surface area (Å²) in [6.07, 6.45) is 1.14. The second kappa shape index (κ2) is 7.95. The van der Waals surface area contributed by atoms with Gasteiger partial charge in [-0.2, -0.15) is 0 Å². The number of aliphatic carboxylic acids is 1. The zero-order valence-electron chi connectivity index (χ0n) is 16.1. The van der Waals surface area contributed by atoms with Crippen molar-refractivity contribution in [3.63, 3.8) is 0 Å². The average molecular weight is 392 g/mol. The molecule has 0 spiro atoms. The molecular formula is C19H24N2O7. The molecule has 2 aliphatic heterocycles. The molecule has 2 heterocycles. The maximum Gasteiger partial charge on any atom is 0.326 e. The molecular weight excluding hydrogens is 368 g/mol. The van der Waals surface area contributed by atoms with Gasteiger partial charge in [0.05, 0.1) is 32.9 Å². The lowest BCUT2D eigenvalue weighted by Gasteiger charge is -2.25. The molecule has 2 atom stereocenters. The van der Waals surface area contributed by atoms with Crippen LogP contribution < -0.4 is 19.1 Å². The van der Waals surface area contributed by atoms with Crippen LogP contribution in [0.5, 0.6) is 17.2 Å². The highest BCUT2D eigenvalue weighted by Gasteiger charge is 2.42. The summed E-state index contributed by atoms with van der Waals surface area (Å²) < 4.78 is 15.9. The Balaban J connectivity index is 1.83. The van der Waals surface area contributed by atoms with E-state index in [1.54, 1.807) is 12.1 Å². The molecule has 28 heavy (non-hydrogen) atoms. The maximum atomic E-state index is 12.8. The lowest BCUT2D eigenvalue weighted by Crippen LogP contribution is -2.44. The minimum Gasteiger partial charge on any atom is -0.493 e. The van der Waals surface area contributed by atoms with Crippen molar-refractivity contribution in [3.8, 4) is 17.2 Å². The zero-order valence-corrected chi connectivity index (χ0v) is 16.1. The van der Waals surface area contributed by atoms with Crippen molar-refractivity contribution < 1.29 is 33.7 Å². The van der Waals surface area contributed by atoms with Gasteiger partial charge in [0.15, 0.2) is 11.5 Å². The number of carboxylic acid groups (broad SMARTS) is 1. The molecule has 2 aliphatic rings. The van der Waals surface area contributed by atoms with Gasteiger partial charge in [-0.05, 0) is 12.8 Å². The first kappa shape index (κ1) is 19.8. The van der Waals surface area contributed by atoms with Crippen LogP contribution in [0.15, 0.2) is 12.1 Å². The Morgan fingerprint density at radius 3 is 2.29 bits per heavy atom. The Morgan fingerprint density at radius 1 is 1.11 bits per heavy atom. The monoisotopic (exact) mass is 392 g/mol. The van der Waals surface area contributed by atoms with Gasteiger partial charge in [-0.3, -0.25) is 9.59 Å². The summed E-state index contributed by atoms with van der Waals surface area (Å²) in [6, 6.07) is 2.50. The van der Waals surface area contributed by atoms with E-state index < -0.39 is 17.9 Å². The maximum absolute atomic E-state index is 12.8. The van der Waals surface area contributed by atoms with Gasteiger partial charge in [0.2, 0.25) is 17.6 Å². The highest BCUT2D eigenvalue weighted by Crippen LogP contribution is 2.42. The average Bonchev–Trinajstić information content (AvgIpc) is 3.33. The summed E-state index contributed by atoms with van der Waals surface area (Å²) in [5, 5.41) is 9.31. The number of nitrogens with zero attached hydrogens (tertiary/aromatic N) is 2. The Morgan fingerprint density at radius 2 is 1.75 bits per heavy atom. The third-order valence-electron chi connectivity index (χ3n) is 5.26. The highest BCUT2D eigenvalue weighted by molar-refractivity contribution is 6.01. The van der Waals surface area contributed by atoms with E-state index in [1.165, 1.54) is 31.1 Å². The van der Waals surface area contributed by atoms with Crippen molar-refractivity contribution in [1.82, 2.24) is 4.90 Å². The van der Waals surface area contributed by atoms with Gasteiger partial charge in [-0.1, -0.05) is 0 Å². The van der Waals surface area contributed by atoms with Gasteiger partial charge in [-0.15, -0.1) is 0 Å². The van der Waals surface area contributed by atoms with E-state index >= 15 is 0 Å². The van der Waals surface area contributed by atoms with E-state index in [0.29, 0.717) is 42.3 Å². The third kappa shape index (κ3) is 3.44. The largest absolute Gasteiger partial charge is 0.493 e. The summed E-state index contributed by atoms with van der Waals surface area (Å²) >= 11 is 0. The number of carbonyl (C=O) groups excluding carboxylic acids is 2. The molecule has 1 N–H and O–H groups in total. The molecule has 2 saturated heterocycles. The predicted octanol–water partition coefficient (Wildman–Crippen LogP) is 1.14. The molecule has 3 rings (SSSR count). The number of rotatable bonds is 6. The van der Waals surface area contributed by atoms with Crippen molar-refractivity contribution in [2.24, 2.45) is 5.92 Å². The molecule has 2 fully saturated rings. The second-order valence-electron chi connectivity index (χ2n) is 6.82. The van der Waals surface area contributed by atoms with E-state index in [4.69, 9.17) is 14.2 Å². The molecule has 1 unspecified atom stereocenters. The number of carboxylic acids is 1. The zero-order chi connectivity index (χ0) is 20.4. The molecule has 152 valence electrons. The van der Waals surface area contributed by atoms with Crippen molar-refractivity contribution in [2.45, 2.75) is 25.3 Å². The Kier molecular flexibility index (Phi) is 5.62. The van der Waals surface area contributed by atoms with Crippen LogP contribution >= 0.6 is 0 Å². The number of anilines is 1. The summed E-state index contributed by atoms with van der Waals surface area (Å²) in [6.45, 7) is 0.587. The van der Waals surface area contributed by atoms with Crippen molar-refractivity contribution in [3.05, 3.63) is 12.1 Å². The van der Waals surface area contributed by atoms with Gasteiger partial charge in [-0.25, -0.2) is 4.79 Å². The van der Waals surface area contributed by atoms with E-state index in [0.717, 1.165) is 0 Å². The summed E-state index contributed by atoms with van der Waals surface area (Å²) in [5.41, 5.74) is 0.533. The number of hydrogen-bond acceptors (Lipinski definition) is 6. The summed E-state index contributed by atoms with van der Waals surface area (Å²) in [5.74, 6) is -0.848. The molecule has 1 aromatic carbocycles. The van der Waals surface area contributed by atoms with Gasteiger partial charge in [0.1, 0.15) is 6.04 Å². The van der Waals surface area contributed by atoms with Crippen LogP contribution in [0.2, 0.25) is 0 Å². The lowest BCUT2D eigenvalue weighted by atomic mass is 10.1. The fourth-order valence-electron chi connectivity index (χ4n) is 3.87. The van der Waals surface area contributed by atoms with Crippen molar-refractivity contribution in [1.29, 1.82) is 0 Å². The first-order chi connectivity index (χ1) is 13.4. The number of ether oxygens (including phenoxy) is 3. The molecule has 9 heteroatoms. The molecule has 2 amide bonds. The van der Waals surface area contributed by atoms with Gasteiger partial charge >= 0.3 is 5.97 Å². The normalized spacial score (nSPS) is 21.8. The molecule has 0 saturated carbocycles. The van der Waals surface area contributed by atoms with Gasteiger partial charge < -0.3 is 29.1 Å². The van der Waals surface area contributed by atoms with Crippen LogP contribution in [-0.4, -0.2) is 68.3 Å². The molecule has 9 nitrogen and oxygen atoms in total. The van der Waals surface area contributed by atoms with E-state index in [2.05, 4.69) is 0 Å². The van der Waals surface area contributed by atoms with Crippen LogP contribution in [0.4, 0.5) is 5.69 Å². The van der Waals surface area contributed by atoms with Crippen LogP contribution in [0.25, 0.3) is 0 Å². The van der Waals surface area contributed by atoms with Crippen LogP contribution in [0.1, 0.15) is 19.3 Å². The Bertz CT molecular complexity index is 769. The van der Waals surface area contributed by atoms with Crippen LogP contribution in [0, 0.1) is 5.92 Å². The Hall–Kier alpha value is -2.97. The smallest absolute Gasteiger partial charge is 0.326 e. The van der Waals surface area contributed by atoms with E-state index in [-0.39, 0.29) is 24.8 Å². The van der Waals surface area contributed by atoms with E-state index in [9.17, 15) is 19.5 Å². The quantitative estimate of drug-likeness (QED) is 0.774. The highest BCUT2D eigenvalue weighted by atomic mass is 16.5. The van der Waals surface area contributed by atoms with Crippen LogP contribution in [0.3, 0.4) is 0 Å². The van der Waals surface area contributed by atoms with Gasteiger partial charge in [0, 0.05) is 31.6 Å². The van der Waals surface area contributed by atoms with Gasteiger partial charge in [0.25, 0.3) is 0 Å². The van der Waals surface area contributed by atoms with Crippen LogP contribution in [-0.2, 0) is 14.4 Å². The van der Waals surface area contributed by atoms with Crippen molar-refractivity contribution in [2.75, 3.05) is 39.3 Å². The number of benzene rings is 1. The predicted molar refractivity (Wildman–Crippen MR) is 98.9 cm³/mol. The number of likely N-dealkylation sites (tertiary alicyclic amines) is 1. The fraction of sp³-hybridized carbons (Fsp3) is 0.526. The minimum absolute atomic E-state index is 0.0400. The standard InChI is InChI=1S/C19H24N2O7/c1-26-14-8-12(9-15(27-2)17(14)28-3)21-10-11(7-16(21)22)18(23)20-6-4-5-13(20)19(24)25/h8-9,11,13H,4-7,10H2,1-3H3,(H,24,25)/t11?,13-/m0/s1. The number of methoxy groups -OCH3 is 3. The number of amides is 2. The molecule has 1 aromatic rings. The van der Waals surface area contributed by atoms with Crippen molar-refractivity contribution >= 4 is 23.5 Å². The molecule has 0 radical (unpaired) electrons. The summed E-state index contributed by atoms with van der Waals surface area (Å²) in [7, 11) is 4.46. The topological polar surface area (TPSA) is 106 Å². The Labute approximate surface area is 162 Å². The number of hydrogen-bond donors (Lipinski definition) is 1.